The van der Waals surface area contributed by atoms with Gasteiger partial charge in [-0.3, -0.25) is 0 Å². The van der Waals surface area contributed by atoms with E-state index >= 15 is 0 Å². The molecule has 2 aromatic rings. The molecule has 0 atom stereocenters. The summed E-state index contributed by atoms with van der Waals surface area (Å²) in [6.07, 6.45) is 1.02. The Morgan fingerprint density at radius 1 is 1.20 bits per heavy atom. The van der Waals surface area contributed by atoms with Crippen LogP contribution in [0.3, 0.4) is 0 Å². The minimum Gasteiger partial charge on any atom is -0.494 e. The molecule has 0 N–H and O–H groups in total. The molecule has 0 saturated carbocycles. The minimum atomic E-state index is -4.80. The fourth-order valence-electron chi connectivity index (χ4n) is 2.89. The molecule has 1 aromatic carbocycles. The Balaban J connectivity index is 1.94. The van der Waals surface area contributed by atoms with Crippen molar-refractivity contribution in [3.05, 3.63) is 65.6 Å². The average Bonchev–Trinajstić information content (AvgIpc) is 2.67. The van der Waals surface area contributed by atoms with E-state index in [9.17, 15) is 21.6 Å². The monoisotopic (exact) mass is 439 g/mol. The third-order valence-electron chi connectivity index (χ3n) is 4.18. The molecule has 0 unspecified atom stereocenters. The SMILES string of the molecule is CCOc1cccc(CN2C=C(c3cc(C(F)(F)F)nc(S(C)(=O)=O)n3)C=CC2)c1. The Bertz CT molecular complexity index is 1100. The summed E-state index contributed by atoms with van der Waals surface area (Å²) >= 11 is 0. The number of halogens is 3. The number of hydrogen-bond acceptors (Lipinski definition) is 6. The predicted molar refractivity (Wildman–Crippen MR) is 105 cm³/mol. The van der Waals surface area contributed by atoms with Crippen LogP contribution in [0.1, 0.15) is 23.9 Å². The molecule has 6 nitrogen and oxygen atoms in total. The maximum Gasteiger partial charge on any atom is 0.433 e. The summed E-state index contributed by atoms with van der Waals surface area (Å²) in [5, 5.41) is -0.858. The topological polar surface area (TPSA) is 72.4 Å². The molecule has 0 bridgehead atoms. The van der Waals surface area contributed by atoms with Crippen molar-refractivity contribution in [3.8, 4) is 5.75 Å². The van der Waals surface area contributed by atoms with Gasteiger partial charge in [0.1, 0.15) is 11.4 Å². The molecule has 0 amide bonds. The van der Waals surface area contributed by atoms with E-state index in [1.54, 1.807) is 18.4 Å². The van der Waals surface area contributed by atoms with E-state index in [0.29, 0.717) is 25.3 Å². The normalized spacial score (nSPS) is 14.6. The van der Waals surface area contributed by atoms with E-state index in [1.807, 2.05) is 36.1 Å². The average molecular weight is 439 g/mol. The third kappa shape index (κ3) is 5.38. The van der Waals surface area contributed by atoms with Crippen LogP contribution >= 0.6 is 0 Å². The maximum absolute atomic E-state index is 13.2. The molecule has 0 fully saturated rings. The highest BCUT2D eigenvalue weighted by molar-refractivity contribution is 7.90. The lowest BCUT2D eigenvalue weighted by atomic mass is 10.1. The first-order chi connectivity index (χ1) is 14.1. The third-order valence-corrected chi connectivity index (χ3v) is 5.02. The van der Waals surface area contributed by atoms with Gasteiger partial charge in [-0.05, 0) is 30.7 Å². The molecule has 0 aliphatic carbocycles. The first kappa shape index (κ1) is 21.8. The van der Waals surface area contributed by atoms with Gasteiger partial charge in [0.25, 0.3) is 0 Å². The number of sulfone groups is 1. The van der Waals surface area contributed by atoms with Crippen LogP contribution in [0.4, 0.5) is 13.2 Å². The Labute approximate surface area is 172 Å². The van der Waals surface area contributed by atoms with Crippen LogP contribution in [-0.2, 0) is 22.6 Å². The summed E-state index contributed by atoms with van der Waals surface area (Å²) in [4.78, 5) is 8.92. The second kappa shape index (κ2) is 8.47. The van der Waals surface area contributed by atoms with Crippen LogP contribution in [0.2, 0.25) is 0 Å². The highest BCUT2D eigenvalue weighted by atomic mass is 32.2. The largest absolute Gasteiger partial charge is 0.494 e. The fourth-order valence-corrected chi connectivity index (χ4v) is 3.42. The van der Waals surface area contributed by atoms with E-state index in [0.717, 1.165) is 23.6 Å². The van der Waals surface area contributed by atoms with Crippen molar-refractivity contribution < 1.29 is 26.3 Å². The number of ether oxygens (including phenoxy) is 1. The van der Waals surface area contributed by atoms with Gasteiger partial charge in [0.15, 0.2) is 0 Å². The minimum absolute atomic E-state index is 0.109. The molecule has 160 valence electrons. The molecule has 1 aliphatic rings. The summed E-state index contributed by atoms with van der Waals surface area (Å²) in [5.41, 5.74) is -0.0899. The Kier molecular flexibility index (Phi) is 6.16. The zero-order chi connectivity index (χ0) is 21.9. The first-order valence-electron chi connectivity index (χ1n) is 9.07. The van der Waals surface area contributed by atoms with Gasteiger partial charge in [-0.2, -0.15) is 13.2 Å². The molecular formula is C20H20F3N3O3S. The van der Waals surface area contributed by atoms with Crippen LogP contribution in [0.25, 0.3) is 5.57 Å². The van der Waals surface area contributed by atoms with Gasteiger partial charge < -0.3 is 9.64 Å². The summed E-state index contributed by atoms with van der Waals surface area (Å²) in [5.74, 6) is 0.732. The molecule has 1 aromatic heterocycles. The molecule has 0 saturated heterocycles. The summed E-state index contributed by atoms with van der Waals surface area (Å²) in [7, 11) is -4.02. The number of aromatic nitrogens is 2. The van der Waals surface area contributed by atoms with Crippen molar-refractivity contribution in [2.45, 2.75) is 24.8 Å². The van der Waals surface area contributed by atoms with Crippen molar-refractivity contribution >= 4 is 15.4 Å². The molecule has 0 radical (unpaired) electrons. The second-order valence-corrected chi connectivity index (χ2v) is 8.60. The Morgan fingerprint density at radius 2 is 1.97 bits per heavy atom. The number of allylic oxidation sites excluding steroid dienone is 2. The van der Waals surface area contributed by atoms with E-state index < -0.39 is 26.9 Å². The van der Waals surface area contributed by atoms with Crippen LogP contribution in [0.15, 0.2) is 53.8 Å². The van der Waals surface area contributed by atoms with Crippen molar-refractivity contribution in [1.29, 1.82) is 0 Å². The summed E-state index contributed by atoms with van der Waals surface area (Å²) in [6, 6.07) is 8.27. The molecule has 3 rings (SSSR count). The lowest BCUT2D eigenvalue weighted by Crippen LogP contribution is -2.20. The summed E-state index contributed by atoms with van der Waals surface area (Å²) < 4.78 is 68.7. The van der Waals surface area contributed by atoms with E-state index in [1.165, 1.54) is 0 Å². The standard InChI is InChI=1S/C20H20F3N3O3S/c1-3-29-16-8-4-6-14(10-16)12-26-9-5-7-15(13-26)17-11-18(20(21,22)23)25-19(24-17)30(2,27)28/h4-8,10-11,13H,3,9,12H2,1-2H3. The lowest BCUT2D eigenvalue weighted by molar-refractivity contribution is -0.141. The molecule has 0 spiro atoms. The highest BCUT2D eigenvalue weighted by Gasteiger charge is 2.35. The van der Waals surface area contributed by atoms with Crippen molar-refractivity contribution in [2.24, 2.45) is 0 Å². The van der Waals surface area contributed by atoms with Crippen LogP contribution < -0.4 is 4.74 Å². The summed E-state index contributed by atoms with van der Waals surface area (Å²) in [6.45, 7) is 3.46. The van der Waals surface area contributed by atoms with Gasteiger partial charge in [0, 0.05) is 31.1 Å². The highest BCUT2D eigenvalue weighted by Crippen LogP contribution is 2.31. The van der Waals surface area contributed by atoms with Gasteiger partial charge in [-0.15, -0.1) is 0 Å². The second-order valence-electron chi connectivity index (χ2n) is 6.69. The first-order valence-corrected chi connectivity index (χ1v) is 11.0. The quantitative estimate of drug-likeness (QED) is 0.639. The molecular weight excluding hydrogens is 419 g/mol. The van der Waals surface area contributed by atoms with Crippen LogP contribution in [-0.4, -0.2) is 42.7 Å². The van der Waals surface area contributed by atoms with Crippen LogP contribution in [0.5, 0.6) is 5.75 Å². The van der Waals surface area contributed by atoms with Crippen molar-refractivity contribution in [3.63, 3.8) is 0 Å². The maximum atomic E-state index is 13.2. The van der Waals surface area contributed by atoms with Crippen molar-refractivity contribution in [2.75, 3.05) is 19.4 Å². The van der Waals surface area contributed by atoms with Crippen molar-refractivity contribution in [1.82, 2.24) is 14.9 Å². The van der Waals surface area contributed by atoms with Gasteiger partial charge in [-0.25, -0.2) is 18.4 Å². The number of alkyl halides is 3. The van der Waals surface area contributed by atoms with E-state index in [-0.39, 0.29) is 5.69 Å². The Morgan fingerprint density at radius 3 is 2.63 bits per heavy atom. The number of nitrogens with zero attached hydrogens (tertiary/aromatic N) is 3. The number of rotatable bonds is 6. The molecule has 2 heterocycles. The smallest absolute Gasteiger partial charge is 0.433 e. The van der Waals surface area contributed by atoms with Crippen LogP contribution in [0, 0.1) is 0 Å². The van der Waals surface area contributed by atoms with Gasteiger partial charge in [0.05, 0.1) is 12.3 Å². The molecule has 10 heteroatoms. The number of hydrogen-bond donors (Lipinski definition) is 0. The van der Waals surface area contributed by atoms with E-state index in [2.05, 4.69) is 9.97 Å². The number of benzene rings is 1. The zero-order valence-electron chi connectivity index (χ0n) is 16.3. The van der Waals surface area contributed by atoms with E-state index in [4.69, 9.17) is 4.74 Å². The van der Waals surface area contributed by atoms with Gasteiger partial charge >= 0.3 is 6.18 Å². The van der Waals surface area contributed by atoms with Gasteiger partial charge in [0.2, 0.25) is 15.0 Å². The lowest BCUT2D eigenvalue weighted by Gasteiger charge is -2.23. The Hall–Kier alpha value is -2.88. The fraction of sp³-hybridized carbons (Fsp3) is 0.300. The van der Waals surface area contributed by atoms with Gasteiger partial charge in [-0.1, -0.05) is 24.3 Å². The zero-order valence-corrected chi connectivity index (χ0v) is 17.2. The molecule has 30 heavy (non-hydrogen) atoms. The predicted octanol–water partition coefficient (Wildman–Crippen LogP) is 3.71. The molecule has 1 aliphatic heterocycles.